The van der Waals surface area contributed by atoms with Crippen molar-refractivity contribution in [1.29, 1.82) is 0 Å². The summed E-state index contributed by atoms with van der Waals surface area (Å²) >= 11 is 0. The molecule has 7 heteroatoms. The molecule has 0 radical (unpaired) electrons. The van der Waals surface area contributed by atoms with Crippen molar-refractivity contribution in [3.8, 4) is 0 Å². The Bertz CT molecular complexity index is 796. The molecule has 2 amide bonds. The van der Waals surface area contributed by atoms with Gasteiger partial charge in [0.25, 0.3) is 0 Å². The molecular weight excluding hydrogens is 328 g/mol. The third kappa shape index (κ3) is 3.65. The Labute approximate surface area is 145 Å². The number of aromatic nitrogens is 1. The van der Waals surface area contributed by atoms with E-state index in [4.69, 9.17) is 4.42 Å². The average molecular weight is 349 g/mol. The molecule has 5 nitrogen and oxygen atoms in total. The van der Waals surface area contributed by atoms with Crippen molar-refractivity contribution in [3.05, 3.63) is 52.7 Å². The number of nitrogens with zero attached hydrogens (tertiary/aromatic N) is 2. The van der Waals surface area contributed by atoms with Crippen LogP contribution in [0.4, 0.5) is 13.6 Å². The van der Waals surface area contributed by atoms with Gasteiger partial charge in [0, 0.05) is 17.5 Å². The van der Waals surface area contributed by atoms with Gasteiger partial charge < -0.3 is 14.6 Å². The number of rotatable bonds is 2. The minimum absolute atomic E-state index is 0.0452. The van der Waals surface area contributed by atoms with Crippen molar-refractivity contribution in [2.45, 2.75) is 45.7 Å². The third-order valence-corrected chi connectivity index (χ3v) is 4.27. The SMILES string of the molecule is CC(C)(C)c1cnc(CNC(=O)N2CCc3c(F)ccc(F)c3C2)o1. The minimum atomic E-state index is -0.489. The van der Waals surface area contributed by atoms with E-state index in [-0.39, 0.29) is 30.1 Å². The van der Waals surface area contributed by atoms with Crippen molar-refractivity contribution in [1.82, 2.24) is 15.2 Å². The van der Waals surface area contributed by atoms with E-state index in [1.165, 1.54) is 4.90 Å². The first-order valence-electron chi connectivity index (χ1n) is 8.19. The smallest absolute Gasteiger partial charge is 0.318 e. The van der Waals surface area contributed by atoms with Gasteiger partial charge in [0.15, 0.2) is 0 Å². The Morgan fingerprint density at radius 2 is 1.96 bits per heavy atom. The van der Waals surface area contributed by atoms with E-state index in [1.807, 2.05) is 20.8 Å². The second kappa shape index (κ2) is 6.46. The van der Waals surface area contributed by atoms with Crippen LogP contribution in [-0.4, -0.2) is 22.5 Å². The van der Waals surface area contributed by atoms with E-state index in [0.717, 1.165) is 17.9 Å². The summed E-state index contributed by atoms with van der Waals surface area (Å²) in [5.41, 5.74) is 0.437. The summed E-state index contributed by atoms with van der Waals surface area (Å²) in [6, 6.07) is 1.86. The summed E-state index contributed by atoms with van der Waals surface area (Å²) in [5.74, 6) is 0.233. The number of halogens is 2. The fourth-order valence-electron chi connectivity index (χ4n) is 2.77. The fraction of sp³-hybridized carbons (Fsp3) is 0.444. The molecule has 0 atom stereocenters. The van der Waals surface area contributed by atoms with Crippen LogP contribution in [0, 0.1) is 11.6 Å². The number of hydrogen-bond donors (Lipinski definition) is 1. The van der Waals surface area contributed by atoms with Gasteiger partial charge in [-0.2, -0.15) is 0 Å². The van der Waals surface area contributed by atoms with Crippen molar-refractivity contribution < 1.29 is 18.0 Å². The van der Waals surface area contributed by atoms with Crippen LogP contribution in [0.15, 0.2) is 22.7 Å². The zero-order valence-corrected chi connectivity index (χ0v) is 14.5. The molecule has 3 rings (SSSR count). The normalized spacial score (nSPS) is 14.4. The summed E-state index contributed by atoms with van der Waals surface area (Å²) < 4.78 is 33.3. The first kappa shape index (κ1) is 17.4. The van der Waals surface area contributed by atoms with Crippen LogP contribution in [0.3, 0.4) is 0 Å². The third-order valence-electron chi connectivity index (χ3n) is 4.27. The second-order valence-corrected chi connectivity index (χ2v) is 7.18. The Kier molecular flexibility index (Phi) is 4.49. The quantitative estimate of drug-likeness (QED) is 0.902. The predicted octanol–water partition coefficient (Wildman–Crippen LogP) is 3.52. The second-order valence-electron chi connectivity index (χ2n) is 7.18. The summed E-state index contributed by atoms with van der Waals surface area (Å²) in [6.07, 6.45) is 1.94. The number of fused-ring (bicyclic) bond motifs is 1. The van der Waals surface area contributed by atoms with Crippen LogP contribution in [0.5, 0.6) is 0 Å². The topological polar surface area (TPSA) is 58.4 Å². The lowest BCUT2D eigenvalue weighted by Gasteiger charge is -2.29. The molecule has 0 aliphatic carbocycles. The predicted molar refractivity (Wildman–Crippen MR) is 87.9 cm³/mol. The lowest BCUT2D eigenvalue weighted by atomic mass is 9.94. The molecule has 0 spiro atoms. The van der Waals surface area contributed by atoms with Crippen molar-refractivity contribution in [2.75, 3.05) is 6.54 Å². The molecule has 2 heterocycles. The monoisotopic (exact) mass is 349 g/mol. The Hall–Kier alpha value is -2.44. The molecule has 1 aromatic heterocycles. The average Bonchev–Trinajstić information content (AvgIpc) is 3.05. The summed E-state index contributed by atoms with van der Waals surface area (Å²) in [5, 5.41) is 2.71. The lowest BCUT2D eigenvalue weighted by Crippen LogP contribution is -2.43. The van der Waals surface area contributed by atoms with Gasteiger partial charge >= 0.3 is 6.03 Å². The number of amides is 2. The zero-order valence-electron chi connectivity index (χ0n) is 14.5. The molecule has 0 saturated heterocycles. The first-order chi connectivity index (χ1) is 11.8. The first-order valence-corrected chi connectivity index (χ1v) is 8.19. The van der Waals surface area contributed by atoms with Crippen LogP contribution in [0.1, 0.15) is 43.5 Å². The van der Waals surface area contributed by atoms with E-state index in [0.29, 0.717) is 24.4 Å². The number of urea groups is 1. The molecule has 1 N–H and O–H groups in total. The van der Waals surface area contributed by atoms with Gasteiger partial charge in [0.1, 0.15) is 17.4 Å². The van der Waals surface area contributed by atoms with E-state index in [9.17, 15) is 13.6 Å². The molecule has 0 fully saturated rings. The number of carbonyl (C=O) groups is 1. The summed E-state index contributed by atoms with van der Waals surface area (Å²) in [7, 11) is 0. The van der Waals surface area contributed by atoms with Gasteiger partial charge in [-0.3, -0.25) is 0 Å². The molecule has 1 aromatic carbocycles. The van der Waals surface area contributed by atoms with Gasteiger partial charge in [-0.25, -0.2) is 18.6 Å². The molecule has 1 aliphatic heterocycles. The highest BCUT2D eigenvalue weighted by atomic mass is 19.1. The van der Waals surface area contributed by atoms with Gasteiger partial charge in [0.2, 0.25) is 5.89 Å². The highest BCUT2D eigenvalue weighted by molar-refractivity contribution is 5.74. The van der Waals surface area contributed by atoms with Crippen molar-refractivity contribution in [2.24, 2.45) is 0 Å². The zero-order chi connectivity index (χ0) is 18.2. The highest BCUT2D eigenvalue weighted by Crippen LogP contribution is 2.25. The van der Waals surface area contributed by atoms with Crippen LogP contribution in [0.2, 0.25) is 0 Å². The van der Waals surface area contributed by atoms with Crippen molar-refractivity contribution >= 4 is 6.03 Å². The van der Waals surface area contributed by atoms with E-state index >= 15 is 0 Å². The van der Waals surface area contributed by atoms with Crippen LogP contribution >= 0.6 is 0 Å². The molecule has 0 unspecified atom stereocenters. The Morgan fingerprint density at radius 3 is 2.60 bits per heavy atom. The summed E-state index contributed by atoms with van der Waals surface area (Å²) in [4.78, 5) is 17.9. The number of nitrogens with one attached hydrogen (secondary N) is 1. The standard InChI is InChI=1S/C18H21F2N3O2/c1-18(2,3)15-8-21-16(25-15)9-22-17(24)23-7-6-11-12(10-23)14(20)5-4-13(11)19/h4-5,8H,6-7,9-10H2,1-3H3,(H,22,24). The molecule has 2 aromatic rings. The number of hydrogen-bond acceptors (Lipinski definition) is 3. The van der Waals surface area contributed by atoms with Gasteiger partial charge in [-0.15, -0.1) is 0 Å². The van der Waals surface area contributed by atoms with Gasteiger partial charge in [-0.1, -0.05) is 20.8 Å². The van der Waals surface area contributed by atoms with E-state index in [1.54, 1.807) is 6.20 Å². The Balaban J connectivity index is 1.63. The van der Waals surface area contributed by atoms with Crippen LogP contribution in [0.25, 0.3) is 0 Å². The highest BCUT2D eigenvalue weighted by Gasteiger charge is 2.26. The van der Waals surface area contributed by atoms with Crippen LogP contribution < -0.4 is 5.32 Å². The van der Waals surface area contributed by atoms with E-state index in [2.05, 4.69) is 10.3 Å². The minimum Gasteiger partial charge on any atom is -0.443 e. The van der Waals surface area contributed by atoms with Crippen molar-refractivity contribution in [3.63, 3.8) is 0 Å². The number of benzene rings is 1. The molecule has 134 valence electrons. The van der Waals surface area contributed by atoms with Gasteiger partial charge in [0.05, 0.1) is 19.3 Å². The Morgan fingerprint density at radius 1 is 1.28 bits per heavy atom. The molecule has 0 saturated carbocycles. The summed E-state index contributed by atoms with van der Waals surface area (Å²) in [6.45, 7) is 6.55. The molecule has 1 aliphatic rings. The number of carbonyl (C=O) groups excluding carboxylic acids is 1. The molecular formula is C18H21F2N3O2. The maximum absolute atomic E-state index is 13.9. The lowest BCUT2D eigenvalue weighted by molar-refractivity contribution is 0.189. The van der Waals surface area contributed by atoms with E-state index < -0.39 is 11.6 Å². The maximum atomic E-state index is 13.9. The largest absolute Gasteiger partial charge is 0.443 e. The number of oxazole rings is 1. The van der Waals surface area contributed by atoms with Crippen LogP contribution in [-0.2, 0) is 24.9 Å². The fourth-order valence-corrected chi connectivity index (χ4v) is 2.77. The molecule has 25 heavy (non-hydrogen) atoms. The molecule has 0 bridgehead atoms. The van der Waals surface area contributed by atoms with Gasteiger partial charge in [-0.05, 0) is 24.1 Å². The maximum Gasteiger partial charge on any atom is 0.318 e.